The van der Waals surface area contributed by atoms with Crippen LogP contribution in [0.1, 0.15) is 6.42 Å². The molecule has 0 aliphatic rings. The molecule has 0 bridgehead atoms. The van der Waals surface area contributed by atoms with E-state index in [-0.39, 0.29) is 5.91 Å². The fourth-order valence-electron chi connectivity index (χ4n) is 1.11. The molecule has 0 aromatic heterocycles. The Labute approximate surface area is 96.9 Å². The van der Waals surface area contributed by atoms with E-state index in [0.717, 1.165) is 15.9 Å². The maximum Gasteiger partial charge on any atom is 0.219 e. The van der Waals surface area contributed by atoms with E-state index in [0.29, 0.717) is 13.0 Å². The number of hydrogen-bond acceptors (Lipinski definition) is 3. The van der Waals surface area contributed by atoms with Crippen LogP contribution in [0.4, 0.5) is 5.69 Å². The van der Waals surface area contributed by atoms with Crippen molar-refractivity contribution < 1.29 is 9.53 Å². The summed E-state index contributed by atoms with van der Waals surface area (Å²) < 4.78 is 6.02. The number of anilines is 1. The van der Waals surface area contributed by atoms with Gasteiger partial charge in [0.1, 0.15) is 5.75 Å². The van der Waals surface area contributed by atoms with E-state index < -0.39 is 0 Å². The first-order valence-corrected chi connectivity index (χ1v) is 5.28. The Morgan fingerprint density at radius 3 is 2.87 bits per heavy atom. The van der Waals surface area contributed by atoms with Crippen LogP contribution in [0.25, 0.3) is 0 Å². The summed E-state index contributed by atoms with van der Waals surface area (Å²) in [5.41, 5.74) is 5.92. The van der Waals surface area contributed by atoms with Gasteiger partial charge in [0, 0.05) is 29.2 Å². The van der Waals surface area contributed by atoms with Gasteiger partial charge in [-0.3, -0.25) is 4.79 Å². The quantitative estimate of drug-likeness (QED) is 0.859. The van der Waals surface area contributed by atoms with Gasteiger partial charge in [0.15, 0.2) is 0 Å². The van der Waals surface area contributed by atoms with Crippen LogP contribution in [-0.2, 0) is 4.79 Å². The monoisotopic (exact) mass is 272 g/mol. The summed E-state index contributed by atoms with van der Waals surface area (Å²) in [6, 6.07) is 5.62. The molecule has 1 rings (SSSR count). The van der Waals surface area contributed by atoms with Crippen LogP contribution < -0.4 is 15.8 Å². The van der Waals surface area contributed by atoms with Crippen LogP contribution in [0, 0.1) is 0 Å². The van der Waals surface area contributed by atoms with Crippen LogP contribution in [0.15, 0.2) is 22.7 Å². The summed E-state index contributed by atoms with van der Waals surface area (Å²) in [5.74, 6) is 0.440. The molecule has 0 unspecified atom stereocenters. The Kier molecular flexibility index (Phi) is 4.42. The third-order valence-electron chi connectivity index (χ3n) is 1.81. The Balaban J connectivity index is 2.60. The lowest BCUT2D eigenvalue weighted by molar-refractivity contribution is -0.117. The van der Waals surface area contributed by atoms with Gasteiger partial charge in [0.2, 0.25) is 5.91 Å². The van der Waals surface area contributed by atoms with Gasteiger partial charge < -0.3 is 15.8 Å². The summed E-state index contributed by atoms with van der Waals surface area (Å²) in [6.45, 7) is 0.523. The van der Waals surface area contributed by atoms with E-state index in [4.69, 9.17) is 10.5 Å². The van der Waals surface area contributed by atoms with Crippen molar-refractivity contribution in [2.45, 2.75) is 6.42 Å². The molecule has 0 saturated carbocycles. The fraction of sp³-hybridized carbons (Fsp3) is 0.300. The molecule has 0 fully saturated rings. The van der Waals surface area contributed by atoms with Crippen LogP contribution in [0.2, 0.25) is 0 Å². The second-order valence-electron chi connectivity index (χ2n) is 3.02. The minimum absolute atomic E-state index is 0.314. The highest BCUT2D eigenvalue weighted by atomic mass is 79.9. The third-order valence-corrected chi connectivity index (χ3v) is 2.27. The molecule has 0 aliphatic heterocycles. The minimum atomic E-state index is -0.315. The van der Waals surface area contributed by atoms with Gasteiger partial charge in [0.25, 0.3) is 0 Å². The minimum Gasteiger partial charge on any atom is -0.497 e. The topological polar surface area (TPSA) is 64.3 Å². The van der Waals surface area contributed by atoms with Crippen molar-refractivity contribution in [2.24, 2.45) is 5.73 Å². The Hall–Kier alpha value is -1.23. The number of carbonyl (C=O) groups excluding carboxylic acids is 1. The lowest BCUT2D eigenvalue weighted by Crippen LogP contribution is -2.15. The van der Waals surface area contributed by atoms with Gasteiger partial charge in [-0.05, 0) is 12.1 Å². The molecule has 0 saturated heterocycles. The van der Waals surface area contributed by atoms with E-state index >= 15 is 0 Å². The molecule has 1 aromatic carbocycles. The van der Waals surface area contributed by atoms with Crippen molar-refractivity contribution in [3.05, 3.63) is 22.7 Å². The molecule has 0 heterocycles. The highest BCUT2D eigenvalue weighted by molar-refractivity contribution is 9.10. The SMILES string of the molecule is COc1cc(Br)cc(NCCC(N)=O)c1. The standard InChI is InChI=1S/C10H13BrN2O2/c1-15-9-5-7(11)4-8(6-9)13-3-2-10(12)14/h4-6,13H,2-3H2,1H3,(H2,12,14). The molecular formula is C10H13BrN2O2. The summed E-state index contributed by atoms with van der Waals surface area (Å²) >= 11 is 3.36. The summed E-state index contributed by atoms with van der Waals surface area (Å²) in [7, 11) is 1.61. The van der Waals surface area contributed by atoms with E-state index in [2.05, 4.69) is 21.2 Å². The van der Waals surface area contributed by atoms with Crippen LogP contribution in [0.5, 0.6) is 5.75 Å². The van der Waals surface area contributed by atoms with Gasteiger partial charge in [-0.1, -0.05) is 15.9 Å². The molecule has 1 aromatic rings. The number of primary amides is 1. The Bertz CT molecular complexity index is 355. The summed E-state index contributed by atoms with van der Waals surface area (Å²) in [6.07, 6.45) is 0.314. The molecule has 0 aliphatic carbocycles. The van der Waals surface area contributed by atoms with Crippen molar-refractivity contribution in [3.8, 4) is 5.75 Å². The second kappa shape index (κ2) is 5.60. The van der Waals surface area contributed by atoms with Gasteiger partial charge in [-0.25, -0.2) is 0 Å². The number of methoxy groups -OCH3 is 1. The fourth-order valence-corrected chi connectivity index (χ4v) is 1.58. The third kappa shape index (κ3) is 4.20. The molecule has 0 atom stereocenters. The van der Waals surface area contributed by atoms with Gasteiger partial charge in [-0.2, -0.15) is 0 Å². The number of amides is 1. The zero-order valence-corrected chi connectivity index (χ0v) is 10.0. The predicted octanol–water partition coefficient (Wildman–Crippen LogP) is 1.74. The molecule has 3 N–H and O–H groups in total. The van der Waals surface area contributed by atoms with Crippen molar-refractivity contribution >= 4 is 27.5 Å². The molecule has 1 amide bonds. The first-order valence-electron chi connectivity index (χ1n) is 4.48. The van der Waals surface area contributed by atoms with Gasteiger partial charge in [0.05, 0.1) is 7.11 Å². The van der Waals surface area contributed by atoms with Gasteiger partial charge in [-0.15, -0.1) is 0 Å². The van der Waals surface area contributed by atoms with Crippen molar-refractivity contribution in [3.63, 3.8) is 0 Å². The van der Waals surface area contributed by atoms with Crippen LogP contribution in [-0.4, -0.2) is 19.6 Å². The van der Waals surface area contributed by atoms with Gasteiger partial charge >= 0.3 is 0 Å². The molecule has 15 heavy (non-hydrogen) atoms. The normalized spacial score (nSPS) is 9.73. The van der Waals surface area contributed by atoms with E-state index in [1.165, 1.54) is 0 Å². The van der Waals surface area contributed by atoms with E-state index in [9.17, 15) is 4.79 Å². The lowest BCUT2D eigenvalue weighted by atomic mass is 10.3. The van der Waals surface area contributed by atoms with Crippen molar-refractivity contribution in [2.75, 3.05) is 19.0 Å². The smallest absolute Gasteiger partial charge is 0.219 e. The van der Waals surface area contributed by atoms with E-state index in [1.54, 1.807) is 7.11 Å². The highest BCUT2D eigenvalue weighted by Crippen LogP contribution is 2.24. The average Bonchev–Trinajstić information content (AvgIpc) is 2.16. The van der Waals surface area contributed by atoms with Crippen molar-refractivity contribution in [1.82, 2.24) is 0 Å². The molecular weight excluding hydrogens is 260 g/mol. The lowest BCUT2D eigenvalue weighted by Gasteiger charge is -2.08. The maximum atomic E-state index is 10.5. The number of carbonyl (C=O) groups is 1. The Morgan fingerprint density at radius 1 is 1.53 bits per heavy atom. The Morgan fingerprint density at radius 2 is 2.27 bits per heavy atom. The molecule has 5 heteroatoms. The van der Waals surface area contributed by atoms with Crippen LogP contribution in [0.3, 0.4) is 0 Å². The summed E-state index contributed by atoms with van der Waals surface area (Å²) in [4.78, 5) is 10.5. The number of hydrogen-bond donors (Lipinski definition) is 2. The number of ether oxygens (including phenoxy) is 1. The molecule has 4 nitrogen and oxygen atoms in total. The number of halogens is 1. The predicted molar refractivity (Wildman–Crippen MR) is 63.0 cm³/mol. The number of nitrogens with two attached hydrogens (primary N) is 1. The largest absolute Gasteiger partial charge is 0.497 e. The molecule has 82 valence electrons. The zero-order chi connectivity index (χ0) is 11.3. The maximum absolute atomic E-state index is 10.5. The first kappa shape index (κ1) is 11.8. The zero-order valence-electron chi connectivity index (χ0n) is 8.42. The highest BCUT2D eigenvalue weighted by Gasteiger charge is 1.99. The molecule has 0 radical (unpaired) electrons. The number of benzene rings is 1. The van der Waals surface area contributed by atoms with E-state index in [1.807, 2.05) is 18.2 Å². The average molecular weight is 273 g/mol. The number of nitrogens with one attached hydrogen (secondary N) is 1. The summed E-state index contributed by atoms with van der Waals surface area (Å²) in [5, 5.41) is 3.08. The first-order chi connectivity index (χ1) is 7.11. The van der Waals surface area contributed by atoms with Crippen molar-refractivity contribution in [1.29, 1.82) is 0 Å². The number of rotatable bonds is 5. The van der Waals surface area contributed by atoms with Crippen LogP contribution >= 0.6 is 15.9 Å². The molecule has 0 spiro atoms. The second-order valence-corrected chi connectivity index (χ2v) is 3.94.